The quantitative estimate of drug-likeness (QED) is 0.871. The highest BCUT2D eigenvalue weighted by molar-refractivity contribution is 6.03. The lowest BCUT2D eigenvalue weighted by molar-refractivity contribution is -0.117. The van der Waals surface area contributed by atoms with E-state index in [0.29, 0.717) is 13.0 Å². The molecule has 1 atom stereocenters. The molecule has 1 aromatic carbocycles. The van der Waals surface area contributed by atoms with Gasteiger partial charge in [0.2, 0.25) is 5.91 Å². The first-order chi connectivity index (χ1) is 9.63. The maximum atomic E-state index is 12.0. The second-order valence-electron chi connectivity index (χ2n) is 4.71. The Morgan fingerprint density at radius 3 is 3.00 bits per heavy atom. The number of benzene rings is 1. The van der Waals surface area contributed by atoms with Crippen molar-refractivity contribution >= 4 is 22.5 Å². The normalized spacial score (nSPS) is 12.3. The third-order valence-corrected chi connectivity index (χ3v) is 3.20. The number of aromatic nitrogens is 1. The fourth-order valence-electron chi connectivity index (χ4n) is 2.02. The van der Waals surface area contributed by atoms with Crippen molar-refractivity contribution in [2.75, 3.05) is 19.0 Å². The maximum absolute atomic E-state index is 12.0. The van der Waals surface area contributed by atoms with Crippen LogP contribution in [-0.2, 0) is 9.53 Å². The Hall–Kier alpha value is -1.98. The SMILES string of the molecule is COCCC(N)C(=O)Nc1ccc(C)c2ncccc12. The highest BCUT2D eigenvalue weighted by Crippen LogP contribution is 2.24. The number of methoxy groups -OCH3 is 1. The molecule has 5 nitrogen and oxygen atoms in total. The van der Waals surface area contributed by atoms with E-state index in [1.165, 1.54) is 0 Å². The van der Waals surface area contributed by atoms with Gasteiger partial charge in [0.1, 0.15) is 0 Å². The Balaban J connectivity index is 2.22. The minimum atomic E-state index is -0.581. The van der Waals surface area contributed by atoms with Crippen molar-refractivity contribution in [2.45, 2.75) is 19.4 Å². The molecular formula is C15H19N3O2. The molecule has 1 aromatic heterocycles. The molecule has 2 rings (SSSR count). The molecule has 1 amide bonds. The van der Waals surface area contributed by atoms with Crippen LogP contribution in [-0.4, -0.2) is 30.6 Å². The zero-order chi connectivity index (χ0) is 14.5. The van der Waals surface area contributed by atoms with Gasteiger partial charge in [0.15, 0.2) is 0 Å². The molecule has 0 bridgehead atoms. The number of rotatable bonds is 5. The topological polar surface area (TPSA) is 77.2 Å². The van der Waals surface area contributed by atoms with Crippen molar-refractivity contribution in [1.29, 1.82) is 0 Å². The Kier molecular flexibility index (Phi) is 4.65. The summed E-state index contributed by atoms with van der Waals surface area (Å²) in [4.78, 5) is 16.4. The molecule has 1 heterocycles. The number of anilines is 1. The van der Waals surface area contributed by atoms with Crippen molar-refractivity contribution < 1.29 is 9.53 Å². The summed E-state index contributed by atoms with van der Waals surface area (Å²) in [7, 11) is 1.59. The largest absolute Gasteiger partial charge is 0.385 e. The summed E-state index contributed by atoms with van der Waals surface area (Å²) in [5.74, 6) is -0.212. The number of hydrogen-bond donors (Lipinski definition) is 2. The first-order valence-corrected chi connectivity index (χ1v) is 6.53. The van der Waals surface area contributed by atoms with Gasteiger partial charge in [0.05, 0.1) is 17.2 Å². The monoisotopic (exact) mass is 273 g/mol. The molecule has 0 aliphatic carbocycles. The number of carbonyl (C=O) groups is 1. The zero-order valence-corrected chi connectivity index (χ0v) is 11.7. The number of fused-ring (bicyclic) bond motifs is 1. The van der Waals surface area contributed by atoms with Crippen LogP contribution in [0.1, 0.15) is 12.0 Å². The summed E-state index contributed by atoms with van der Waals surface area (Å²) in [6.07, 6.45) is 2.23. The minimum absolute atomic E-state index is 0.212. The molecule has 1 unspecified atom stereocenters. The number of hydrogen-bond acceptors (Lipinski definition) is 4. The van der Waals surface area contributed by atoms with Gasteiger partial charge < -0.3 is 15.8 Å². The maximum Gasteiger partial charge on any atom is 0.241 e. The van der Waals surface area contributed by atoms with Crippen molar-refractivity contribution in [1.82, 2.24) is 4.98 Å². The third kappa shape index (κ3) is 3.12. The van der Waals surface area contributed by atoms with Gasteiger partial charge in [0.25, 0.3) is 0 Å². The van der Waals surface area contributed by atoms with E-state index in [4.69, 9.17) is 10.5 Å². The fourth-order valence-corrected chi connectivity index (χ4v) is 2.02. The average molecular weight is 273 g/mol. The Labute approximate surface area is 118 Å². The predicted molar refractivity (Wildman–Crippen MR) is 79.6 cm³/mol. The van der Waals surface area contributed by atoms with Crippen molar-refractivity contribution in [3.05, 3.63) is 36.0 Å². The Morgan fingerprint density at radius 1 is 1.45 bits per heavy atom. The van der Waals surface area contributed by atoms with Gasteiger partial charge in [-0.2, -0.15) is 0 Å². The van der Waals surface area contributed by atoms with Crippen LogP contribution in [0.5, 0.6) is 0 Å². The number of ether oxygens (including phenoxy) is 1. The molecule has 2 aromatic rings. The van der Waals surface area contributed by atoms with E-state index in [1.54, 1.807) is 13.3 Å². The van der Waals surface area contributed by atoms with Crippen molar-refractivity contribution in [3.63, 3.8) is 0 Å². The number of nitrogens with two attached hydrogens (primary N) is 1. The molecule has 0 aliphatic rings. The average Bonchev–Trinajstić information content (AvgIpc) is 2.47. The molecule has 5 heteroatoms. The van der Waals surface area contributed by atoms with Crippen LogP contribution < -0.4 is 11.1 Å². The Bertz CT molecular complexity index is 613. The number of nitrogens with one attached hydrogen (secondary N) is 1. The van der Waals surface area contributed by atoms with Gasteiger partial charge in [-0.25, -0.2) is 0 Å². The van der Waals surface area contributed by atoms with Gasteiger partial charge in [-0.1, -0.05) is 6.07 Å². The molecular weight excluding hydrogens is 254 g/mol. The molecule has 0 aliphatic heterocycles. The lowest BCUT2D eigenvalue weighted by Gasteiger charge is -2.14. The first kappa shape index (κ1) is 14.4. The molecule has 3 N–H and O–H groups in total. The van der Waals surface area contributed by atoms with Crippen LogP contribution in [0, 0.1) is 6.92 Å². The number of pyridine rings is 1. The number of amides is 1. The standard InChI is InChI=1S/C15H19N3O2/c1-10-5-6-13(11-4-3-8-17-14(10)11)18-15(19)12(16)7-9-20-2/h3-6,8,12H,7,9,16H2,1-2H3,(H,18,19). The summed E-state index contributed by atoms with van der Waals surface area (Å²) in [5, 5.41) is 3.78. The summed E-state index contributed by atoms with van der Waals surface area (Å²) in [5.41, 5.74) is 8.51. The molecule has 0 radical (unpaired) electrons. The van der Waals surface area contributed by atoms with E-state index in [2.05, 4.69) is 10.3 Å². The smallest absolute Gasteiger partial charge is 0.241 e. The van der Waals surface area contributed by atoms with E-state index < -0.39 is 6.04 Å². The van der Waals surface area contributed by atoms with E-state index in [-0.39, 0.29) is 5.91 Å². The van der Waals surface area contributed by atoms with Gasteiger partial charge in [-0.05, 0) is 37.1 Å². The van der Waals surface area contributed by atoms with Gasteiger partial charge in [0, 0.05) is 25.3 Å². The Morgan fingerprint density at radius 2 is 2.25 bits per heavy atom. The van der Waals surface area contributed by atoms with Crippen molar-refractivity contribution in [2.24, 2.45) is 5.73 Å². The van der Waals surface area contributed by atoms with Crippen LogP contribution in [0.3, 0.4) is 0 Å². The van der Waals surface area contributed by atoms with Crippen LogP contribution in [0.4, 0.5) is 5.69 Å². The lowest BCUT2D eigenvalue weighted by Crippen LogP contribution is -2.36. The summed E-state index contributed by atoms with van der Waals surface area (Å²) < 4.78 is 4.93. The van der Waals surface area contributed by atoms with Crippen LogP contribution in [0.15, 0.2) is 30.5 Å². The molecule has 106 valence electrons. The fraction of sp³-hybridized carbons (Fsp3) is 0.333. The van der Waals surface area contributed by atoms with E-state index in [0.717, 1.165) is 22.2 Å². The lowest BCUT2D eigenvalue weighted by atomic mass is 10.1. The summed E-state index contributed by atoms with van der Waals surface area (Å²) in [6.45, 7) is 2.45. The minimum Gasteiger partial charge on any atom is -0.385 e. The van der Waals surface area contributed by atoms with Gasteiger partial charge in [-0.3, -0.25) is 9.78 Å². The molecule has 0 saturated heterocycles. The van der Waals surface area contributed by atoms with Crippen LogP contribution in [0.25, 0.3) is 10.9 Å². The number of carbonyl (C=O) groups excluding carboxylic acids is 1. The second-order valence-corrected chi connectivity index (χ2v) is 4.71. The summed E-state index contributed by atoms with van der Waals surface area (Å²) in [6, 6.07) is 7.02. The molecule has 0 fully saturated rings. The molecule has 0 saturated carbocycles. The number of aryl methyl sites for hydroxylation is 1. The van der Waals surface area contributed by atoms with Gasteiger partial charge in [-0.15, -0.1) is 0 Å². The molecule has 20 heavy (non-hydrogen) atoms. The van der Waals surface area contributed by atoms with Crippen molar-refractivity contribution in [3.8, 4) is 0 Å². The van der Waals surface area contributed by atoms with Crippen LogP contribution in [0.2, 0.25) is 0 Å². The first-order valence-electron chi connectivity index (χ1n) is 6.53. The second kappa shape index (κ2) is 6.45. The van der Waals surface area contributed by atoms with Gasteiger partial charge >= 0.3 is 0 Å². The third-order valence-electron chi connectivity index (χ3n) is 3.20. The van der Waals surface area contributed by atoms with E-state index in [9.17, 15) is 4.79 Å². The molecule has 0 spiro atoms. The van der Waals surface area contributed by atoms with E-state index >= 15 is 0 Å². The van der Waals surface area contributed by atoms with Crippen LogP contribution >= 0.6 is 0 Å². The van der Waals surface area contributed by atoms with E-state index in [1.807, 2.05) is 31.2 Å². The highest BCUT2D eigenvalue weighted by Gasteiger charge is 2.14. The predicted octanol–water partition coefficient (Wildman–Crippen LogP) is 1.85. The zero-order valence-electron chi connectivity index (χ0n) is 11.7. The number of nitrogens with zero attached hydrogens (tertiary/aromatic N) is 1. The summed E-state index contributed by atoms with van der Waals surface area (Å²) >= 11 is 0. The highest BCUT2D eigenvalue weighted by atomic mass is 16.5.